The molecule has 1 rings (SSSR count). The zero-order valence-electron chi connectivity index (χ0n) is 15.5. The Morgan fingerprint density at radius 3 is 1.58 bits per heavy atom. The second-order valence-corrected chi connectivity index (χ2v) is 6.94. The first-order chi connectivity index (χ1) is 11.6. The summed E-state index contributed by atoms with van der Waals surface area (Å²) in [7, 11) is 0. The summed E-state index contributed by atoms with van der Waals surface area (Å²) in [6.45, 7) is 4.23. The predicted octanol–water partition coefficient (Wildman–Crippen LogP) is 4.51. The molecule has 1 aliphatic heterocycles. The van der Waals surface area contributed by atoms with Gasteiger partial charge in [-0.25, -0.2) is 4.79 Å². The number of amides is 2. The van der Waals surface area contributed by atoms with Crippen LogP contribution >= 0.6 is 0 Å². The largest absolute Gasteiger partial charge is 0.465 e. The highest BCUT2D eigenvalue weighted by atomic mass is 16.4. The van der Waals surface area contributed by atoms with Crippen LogP contribution in [-0.4, -0.2) is 53.1 Å². The first kappa shape index (κ1) is 20.8. The molecule has 5 heteroatoms. The van der Waals surface area contributed by atoms with Crippen molar-refractivity contribution in [2.24, 2.45) is 0 Å². The molecule has 0 aromatic carbocycles. The molecule has 0 atom stereocenters. The summed E-state index contributed by atoms with van der Waals surface area (Å²) < 4.78 is 0. The fraction of sp³-hybridized carbons (Fsp3) is 0.895. The molecule has 1 saturated heterocycles. The van der Waals surface area contributed by atoms with Crippen LogP contribution in [0.5, 0.6) is 0 Å². The monoisotopic (exact) mass is 340 g/mol. The van der Waals surface area contributed by atoms with Gasteiger partial charge >= 0.3 is 6.09 Å². The van der Waals surface area contributed by atoms with Crippen LogP contribution in [0.25, 0.3) is 0 Å². The van der Waals surface area contributed by atoms with E-state index >= 15 is 0 Å². The van der Waals surface area contributed by atoms with E-state index in [0.717, 1.165) is 12.8 Å². The molecule has 0 aromatic heterocycles. The summed E-state index contributed by atoms with van der Waals surface area (Å²) in [5.41, 5.74) is 0. The maximum Gasteiger partial charge on any atom is 0.407 e. The van der Waals surface area contributed by atoms with E-state index in [9.17, 15) is 9.59 Å². The van der Waals surface area contributed by atoms with Gasteiger partial charge in [0.25, 0.3) is 0 Å². The van der Waals surface area contributed by atoms with Crippen molar-refractivity contribution >= 4 is 12.0 Å². The number of rotatable bonds is 12. The van der Waals surface area contributed by atoms with Gasteiger partial charge < -0.3 is 14.9 Å². The van der Waals surface area contributed by atoms with Gasteiger partial charge in [-0.05, 0) is 6.42 Å². The van der Waals surface area contributed by atoms with Crippen molar-refractivity contribution in [3.63, 3.8) is 0 Å². The van der Waals surface area contributed by atoms with E-state index in [4.69, 9.17) is 5.11 Å². The SMILES string of the molecule is CCCCCCCCCCCCCC(=O)N1CCN(C(=O)O)CC1. The fourth-order valence-corrected chi connectivity index (χ4v) is 3.25. The van der Waals surface area contributed by atoms with Crippen LogP contribution in [0.3, 0.4) is 0 Å². The molecule has 1 aliphatic rings. The molecule has 0 aliphatic carbocycles. The summed E-state index contributed by atoms with van der Waals surface area (Å²) in [6.07, 6.45) is 13.9. The number of hydrogen-bond donors (Lipinski definition) is 1. The van der Waals surface area contributed by atoms with Crippen LogP contribution in [-0.2, 0) is 4.79 Å². The van der Waals surface area contributed by atoms with Gasteiger partial charge in [0.15, 0.2) is 0 Å². The number of carbonyl (C=O) groups excluding carboxylic acids is 1. The Hall–Kier alpha value is -1.26. The third-order valence-corrected chi connectivity index (χ3v) is 4.90. The third kappa shape index (κ3) is 9.14. The number of nitrogens with zero attached hydrogens (tertiary/aromatic N) is 2. The van der Waals surface area contributed by atoms with E-state index in [2.05, 4.69) is 6.92 Å². The van der Waals surface area contributed by atoms with Crippen molar-refractivity contribution in [3.05, 3.63) is 0 Å². The Balaban J connectivity index is 1.91. The molecule has 24 heavy (non-hydrogen) atoms. The van der Waals surface area contributed by atoms with Gasteiger partial charge in [0, 0.05) is 32.6 Å². The zero-order chi connectivity index (χ0) is 17.6. The summed E-state index contributed by atoms with van der Waals surface area (Å²) in [5, 5.41) is 8.90. The molecule has 1 heterocycles. The first-order valence-electron chi connectivity index (χ1n) is 9.90. The Morgan fingerprint density at radius 1 is 0.708 bits per heavy atom. The highest BCUT2D eigenvalue weighted by Gasteiger charge is 2.22. The highest BCUT2D eigenvalue weighted by Crippen LogP contribution is 2.13. The van der Waals surface area contributed by atoms with Crippen LogP contribution in [0.4, 0.5) is 4.79 Å². The molecule has 1 N–H and O–H groups in total. The molecule has 2 amide bonds. The Bertz CT molecular complexity index is 353. The topological polar surface area (TPSA) is 60.9 Å². The van der Waals surface area contributed by atoms with E-state index in [1.165, 1.54) is 62.7 Å². The highest BCUT2D eigenvalue weighted by molar-refractivity contribution is 5.76. The third-order valence-electron chi connectivity index (χ3n) is 4.90. The van der Waals surface area contributed by atoms with Gasteiger partial charge in [-0.15, -0.1) is 0 Å². The van der Waals surface area contributed by atoms with E-state index in [1.807, 2.05) is 4.90 Å². The minimum Gasteiger partial charge on any atom is -0.465 e. The molecule has 0 saturated carbocycles. The van der Waals surface area contributed by atoms with Gasteiger partial charge in [-0.1, -0.05) is 71.1 Å². The molecule has 0 spiro atoms. The minimum absolute atomic E-state index is 0.191. The van der Waals surface area contributed by atoms with E-state index in [-0.39, 0.29) is 5.91 Å². The van der Waals surface area contributed by atoms with Crippen molar-refractivity contribution < 1.29 is 14.7 Å². The lowest BCUT2D eigenvalue weighted by molar-refractivity contribution is -0.132. The smallest absolute Gasteiger partial charge is 0.407 e. The van der Waals surface area contributed by atoms with E-state index < -0.39 is 6.09 Å². The Labute approximate surface area is 147 Å². The standard InChI is InChI=1S/C19H36N2O3/c1-2-3-4-5-6-7-8-9-10-11-12-13-18(22)20-14-16-21(17-15-20)19(23)24/h2-17H2,1H3,(H,23,24). The van der Waals surface area contributed by atoms with Crippen LogP contribution in [0, 0.1) is 0 Å². The number of unbranched alkanes of at least 4 members (excludes halogenated alkanes) is 10. The predicted molar refractivity (Wildman–Crippen MR) is 97.3 cm³/mol. The molecule has 0 unspecified atom stereocenters. The zero-order valence-corrected chi connectivity index (χ0v) is 15.5. The second-order valence-electron chi connectivity index (χ2n) is 6.94. The molecular formula is C19H36N2O3. The van der Waals surface area contributed by atoms with E-state index in [1.54, 1.807) is 0 Å². The number of piperazine rings is 1. The maximum absolute atomic E-state index is 12.1. The average molecular weight is 341 g/mol. The minimum atomic E-state index is -0.882. The molecular weight excluding hydrogens is 304 g/mol. The molecule has 1 fully saturated rings. The van der Waals surface area contributed by atoms with Crippen molar-refractivity contribution in [1.29, 1.82) is 0 Å². The summed E-state index contributed by atoms with van der Waals surface area (Å²) in [5.74, 6) is 0.191. The van der Waals surface area contributed by atoms with Crippen LogP contribution in [0.1, 0.15) is 84.0 Å². The van der Waals surface area contributed by atoms with Gasteiger partial charge in [-0.3, -0.25) is 4.79 Å². The first-order valence-corrected chi connectivity index (χ1v) is 9.90. The lowest BCUT2D eigenvalue weighted by Gasteiger charge is -2.33. The van der Waals surface area contributed by atoms with Crippen LogP contribution in [0.15, 0.2) is 0 Å². The molecule has 0 radical (unpaired) electrons. The molecule has 5 nitrogen and oxygen atoms in total. The molecule has 0 bridgehead atoms. The van der Waals surface area contributed by atoms with Crippen molar-refractivity contribution in [1.82, 2.24) is 9.80 Å². The number of hydrogen-bond acceptors (Lipinski definition) is 2. The van der Waals surface area contributed by atoms with Gasteiger partial charge in [0.2, 0.25) is 5.91 Å². The van der Waals surface area contributed by atoms with Crippen molar-refractivity contribution in [3.8, 4) is 0 Å². The number of carbonyl (C=O) groups is 2. The summed E-state index contributed by atoms with van der Waals surface area (Å²) in [4.78, 5) is 26.1. The lowest BCUT2D eigenvalue weighted by atomic mass is 10.1. The molecule has 140 valence electrons. The average Bonchev–Trinajstić information content (AvgIpc) is 2.59. The van der Waals surface area contributed by atoms with Crippen LogP contribution in [0.2, 0.25) is 0 Å². The summed E-state index contributed by atoms with van der Waals surface area (Å²) in [6, 6.07) is 0. The second kappa shape index (κ2) is 13.1. The Morgan fingerprint density at radius 2 is 1.12 bits per heavy atom. The summed E-state index contributed by atoms with van der Waals surface area (Å²) >= 11 is 0. The van der Waals surface area contributed by atoms with Crippen molar-refractivity contribution in [2.45, 2.75) is 84.0 Å². The maximum atomic E-state index is 12.1. The normalized spacial score (nSPS) is 14.9. The molecule has 0 aromatic rings. The fourth-order valence-electron chi connectivity index (χ4n) is 3.25. The van der Waals surface area contributed by atoms with Gasteiger partial charge in [0.05, 0.1) is 0 Å². The van der Waals surface area contributed by atoms with Crippen molar-refractivity contribution in [2.75, 3.05) is 26.2 Å². The Kier molecular flexibility index (Phi) is 11.3. The number of carboxylic acid groups (broad SMARTS) is 1. The quantitative estimate of drug-likeness (QED) is 0.532. The van der Waals surface area contributed by atoms with Gasteiger partial charge in [-0.2, -0.15) is 0 Å². The van der Waals surface area contributed by atoms with E-state index in [0.29, 0.717) is 32.6 Å². The lowest BCUT2D eigenvalue weighted by Crippen LogP contribution is -2.50. The van der Waals surface area contributed by atoms with Crippen LogP contribution < -0.4 is 0 Å². The van der Waals surface area contributed by atoms with Gasteiger partial charge in [0.1, 0.15) is 0 Å².